The van der Waals surface area contributed by atoms with Gasteiger partial charge < -0.3 is 29.3 Å². The maximum absolute atomic E-state index is 13.8. The third-order valence-electron chi connectivity index (χ3n) is 7.07. The standard InChI is InChI=1S/C31H39N3O5S/c1-4-23-9-12-25(13-10-23)32-31(36)34(20-26-7-5-17-39-26)22-30(35)33(21-27-8-6-18-40-27)16-15-24-11-14-28(37-2)29(19-24)38-3/h6,8-14,18-19,26H,4-5,7,15-17,20-22H2,1-3H3,(H,32,36). The first-order chi connectivity index (χ1) is 19.5. The van der Waals surface area contributed by atoms with E-state index in [-0.39, 0.29) is 24.6 Å². The molecule has 3 amide bonds. The number of carbonyl (C=O) groups excluding carboxylic acids is 2. The van der Waals surface area contributed by atoms with Gasteiger partial charge in [-0.2, -0.15) is 0 Å². The Morgan fingerprint density at radius 2 is 1.80 bits per heavy atom. The van der Waals surface area contributed by atoms with Gasteiger partial charge in [0.25, 0.3) is 0 Å². The van der Waals surface area contributed by atoms with Crippen molar-refractivity contribution in [2.24, 2.45) is 0 Å². The predicted octanol–water partition coefficient (Wildman–Crippen LogP) is 5.61. The van der Waals surface area contributed by atoms with Crippen LogP contribution in [-0.4, -0.2) is 68.3 Å². The summed E-state index contributed by atoms with van der Waals surface area (Å²) in [5.41, 5.74) is 2.94. The lowest BCUT2D eigenvalue weighted by Crippen LogP contribution is -2.47. The number of hydrogen-bond donors (Lipinski definition) is 1. The van der Waals surface area contributed by atoms with Crippen LogP contribution in [0.2, 0.25) is 0 Å². The third kappa shape index (κ3) is 8.22. The van der Waals surface area contributed by atoms with Crippen LogP contribution in [0.4, 0.5) is 10.5 Å². The highest BCUT2D eigenvalue weighted by molar-refractivity contribution is 7.09. The van der Waals surface area contributed by atoms with E-state index in [1.807, 2.05) is 64.9 Å². The summed E-state index contributed by atoms with van der Waals surface area (Å²) in [6.07, 6.45) is 3.33. The van der Waals surface area contributed by atoms with Gasteiger partial charge in [-0.1, -0.05) is 31.2 Å². The van der Waals surface area contributed by atoms with Crippen molar-refractivity contribution in [3.8, 4) is 11.5 Å². The van der Waals surface area contributed by atoms with Crippen LogP contribution in [0.1, 0.15) is 35.8 Å². The van der Waals surface area contributed by atoms with Crippen molar-refractivity contribution in [3.63, 3.8) is 0 Å². The van der Waals surface area contributed by atoms with Crippen molar-refractivity contribution < 1.29 is 23.8 Å². The van der Waals surface area contributed by atoms with E-state index in [1.165, 1.54) is 5.56 Å². The molecule has 40 heavy (non-hydrogen) atoms. The van der Waals surface area contributed by atoms with E-state index >= 15 is 0 Å². The van der Waals surface area contributed by atoms with E-state index in [0.29, 0.717) is 49.8 Å². The molecule has 9 heteroatoms. The Bertz CT molecular complexity index is 1230. The van der Waals surface area contributed by atoms with Gasteiger partial charge >= 0.3 is 6.03 Å². The highest BCUT2D eigenvalue weighted by Gasteiger charge is 2.27. The summed E-state index contributed by atoms with van der Waals surface area (Å²) < 4.78 is 16.6. The number of benzene rings is 2. The first-order valence-electron chi connectivity index (χ1n) is 13.8. The second kappa shape index (κ2) is 14.7. The predicted molar refractivity (Wildman–Crippen MR) is 158 cm³/mol. The molecule has 1 aromatic heterocycles. The quantitative estimate of drug-likeness (QED) is 0.291. The minimum atomic E-state index is -0.302. The summed E-state index contributed by atoms with van der Waals surface area (Å²) >= 11 is 1.61. The number of methoxy groups -OCH3 is 2. The number of nitrogens with zero attached hydrogens (tertiary/aromatic N) is 2. The molecule has 3 aromatic rings. The summed E-state index contributed by atoms with van der Waals surface area (Å²) in [5, 5.41) is 4.98. The van der Waals surface area contributed by atoms with E-state index in [0.717, 1.165) is 29.7 Å². The van der Waals surface area contributed by atoms with Crippen LogP contribution >= 0.6 is 11.3 Å². The van der Waals surface area contributed by atoms with Gasteiger partial charge in [-0.25, -0.2) is 4.79 Å². The van der Waals surface area contributed by atoms with Crippen molar-refractivity contribution in [1.29, 1.82) is 0 Å². The summed E-state index contributed by atoms with van der Waals surface area (Å²) in [6, 6.07) is 17.3. The molecule has 0 saturated carbocycles. The van der Waals surface area contributed by atoms with Gasteiger partial charge in [0.1, 0.15) is 6.54 Å². The first kappa shape index (κ1) is 29.4. The molecule has 4 rings (SSSR count). The molecule has 0 aliphatic carbocycles. The number of anilines is 1. The Balaban J connectivity index is 1.48. The van der Waals surface area contributed by atoms with Crippen LogP contribution in [0.3, 0.4) is 0 Å². The van der Waals surface area contributed by atoms with Crippen molar-refractivity contribution in [2.45, 2.75) is 45.3 Å². The Morgan fingerprint density at radius 1 is 1.02 bits per heavy atom. The maximum Gasteiger partial charge on any atom is 0.322 e. The molecule has 1 aliphatic heterocycles. The van der Waals surface area contributed by atoms with Crippen LogP contribution in [0.25, 0.3) is 0 Å². The van der Waals surface area contributed by atoms with Gasteiger partial charge in [-0.3, -0.25) is 4.79 Å². The fourth-order valence-electron chi connectivity index (χ4n) is 4.73. The molecular weight excluding hydrogens is 526 g/mol. The highest BCUT2D eigenvalue weighted by Crippen LogP contribution is 2.28. The van der Waals surface area contributed by atoms with Crippen LogP contribution in [0.5, 0.6) is 11.5 Å². The number of thiophene rings is 1. The second-order valence-electron chi connectivity index (χ2n) is 9.83. The number of amides is 3. The fourth-order valence-corrected chi connectivity index (χ4v) is 5.45. The summed E-state index contributed by atoms with van der Waals surface area (Å²) in [4.78, 5) is 31.7. The molecule has 0 bridgehead atoms. The molecule has 0 spiro atoms. The van der Waals surface area contributed by atoms with Gasteiger partial charge in [0.15, 0.2) is 11.5 Å². The summed E-state index contributed by atoms with van der Waals surface area (Å²) in [5.74, 6) is 1.21. The van der Waals surface area contributed by atoms with E-state index in [2.05, 4.69) is 12.2 Å². The summed E-state index contributed by atoms with van der Waals surface area (Å²) in [6.45, 7) is 4.10. The molecule has 1 fully saturated rings. The second-order valence-corrected chi connectivity index (χ2v) is 10.9. The largest absolute Gasteiger partial charge is 0.493 e. The topological polar surface area (TPSA) is 80.3 Å². The molecule has 1 aliphatic rings. The van der Waals surface area contributed by atoms with Gasteiger partial charge in [0, 0.05) is 30.3 Å². The van der Waals surface area contributed by atoms with E-state index in [9.17, 15) is 9.59 Å². The molecule has 2 heterocycles. The molecular formula is C31H39N3O5S. The minimum absolute atomic E-state index is 0.0317. The van der Waals surface area contributed by atoms with E-state index in [1.54, 1.807) is 30.5 Å². The summed E-state index contributed by atoms with van der Waals surface area (Å²) in [7, 11) is 3.22. The number of urea groups is 1. The minimum Gasteiger partial charge on any atom is -0.493 e. The average Bonchev–Trinajstić information content (AvgIpc) is 3.69. The Kier molecular flexibility index (Phi) is 10.8. The number of nitrogens with one attached hydrogen (secondary N) is 1. The molecule has 2 aromatic carbocycles. The number of aryl methyl sites for hydroxylation is 1. The normalized spacial score (nSPS) is 14.5. The zero-order valence-corrected chi connectivity index (χ0v) is 24.4. The molecule has 1 saturated heterocycles. The van der Waals surface area contributed by atoms with Crippen LogP contribution in [0.15, 0.2) is 60.0 Å². The van der Waals surface area contributed by atoms with Crippen LogP contribution < -0.4 is 14.8 Å². The highest BCUT2D eigenvalue weighted by atomic mass is 32.1. The van der Waals surface area contributed by atoms with Crippen molar-refractivity contribution in [2.75, 3.05) is 45.8 Å². The smallest absolute Gasteiger partial charge is 0.322 e. The molecule has 1 unspecified atom stereocenters. The van der Waals surface area contributed by atoms with Gasteiger partial charge in [-0.05, 0) is 72.5 Å². The molecule has 8 nitrogen and oxygen atoms in total. The van der Waals surface area contributed by atoms with E-state index in [4.69, 9.17) is 14.2 Å². The number of ether oxygens (including phenoxy) is 3. The SMILES string of the molecule is CCc1ccc(NC(=O)N(CC(=O)N(CCc2ccc(OC)c(OC)c2)Cc2cccs2)CC2CCCO2)cc1. The van der Waals surface area contributed by atoms with Crippen LogP contribution in [0, 0.1) is 0 Å². The molecule has 0 radical (unpaired) electrons. The Hall–Kier alpha value is -3.56. The lowest BCUT2D eigenvalue weighted by atomic mass is 10.1. The van der Waals surface area contributed by atoms with E-state index < -0.39 is 0 Å². The zero-order valence-electron chi connectivity index (χ0n) is 23.6. The lowest BCUT2D eigenvalue weighted by molar-refractivity contribution is -0.132. The maximum atomic E-state index is 13.8. The van der Waals surface area contributed by atoms with Gasteiger partial charge in [0.2, 0.25) is 5.91 Å². The molecule has 214 valence electrons. The third-order valence-corrected chi connectivity index (χ3v) is 7.93. The number of rotatable bonds is 13. The first-order valence-corrected chi connectivity index (χ1v) is 14.6. The molecule has 1 atom stereocenters. The van der Waals surface area contributed by atoms with Gasteiger partial charge in [-0.15, -0.1) is 11.3 Å². The monoisotopic (exact) mass is 565 g/mol. The van der Waals surface area contributed by atoms with Crippen LogP contribution in [-0.2, 0) is 28.9 Å². The Labute approximate surface area is 240 Å². The lowest BCUT2D eigenvalue weighted by Gasteiger charge is -2.29. The number of carbonyl (C=O) groups is 2. The molecule has 1 N–H and O–H groups in total. The number of hydrogen-bond acceptors (Lipinski definition) is 6. The van der Waals surface area contributed by atoms with Crippen molar-refractivity contribution in [1.82, 2.24) is 9.80 Å². The Morgan fingerprint density at radius 3 is 2.45 bits per heavy atom. The zero-order chi connectivity index (χ0) is 28.3. The van der Waals surface area contributed by atoms with Gasteiger partial charge in [0.05, 0.1) is 26.9 Å². The van der Waals surface area contributed by atoms with Crippen molar-refractivity contribution in [3.05, 3.63) is 76.0 Å². The average molecular weight is 566 g/mol. The van der Waals surface area contributed by atoms with Crippen molar-refractivity contribution >= 4 is 29.0 Å². The fraction of sp³-hybridized carbons (Fsp3) is 0.419.